The minimum Gasteiger partial charge on any atom is -0.351 e. The van der Waals surface area contributed by atoms with Gasteiger partial charge in [-0.3, -0.25) is 4.79 Å². The molecule has 2 atom stereocenters. The van der Waals surface area contributed by atoms with Crippen LogP contribution in [0.3, 0.4) is 0 Å². The van der Waals surface area contributed by atoms with Gasteiger partial charge in [0.2, 0.25) is 5.91 Å². The Kier molecular flexibility index (Phi) is 4.68. The summed E-state index contributed by atoms with van der Waals surface area (Å²) in [5, 5.41) is 8.04. The molecule has 0 bridgehead atoms. The monoisotopic (exact) mass is 369 g/mol. The van der Waals surface area contributed by atoms with Gasteiger partial charge in [0, 0.05) is 35.8 Å². The Morgan fingerprint density at radius 1 is 1.12 bits per heavy atom. The highest BCUT2D eigenvalue weighted by Crippen LogP contribution is 2.58. The number of benzene rings is 1. The second kappa shape index (κ2) is 7.11. The summed E-state index contributed by atoms with van der Waals surface area (Å²) in [6, 6.07) is 13.9. The maximum absolute atomic E-state index is 12.4. The van der Waals surface area contributed by atoms with Gasteiger partial charge in [-0.1, -0.05) is 36.4 Å². The van der Waals surface area contributed by atoms with Crippen molar-refractivity contribution in [2.24, 2.45) is 11.3 Å². The average molecular weight is 369 g/mol. The maximum Gasteiger partial charge on any atom is 0.317 e. The summed E-state index contributed by atoms with van der Waals surface area (Å²) in [6.07, 6.45) is 1.81. The highest BCUT2D eigenvalue weighted by atomic mass is 32.1. The van der Waals surface area contributed by atoms with Crippen LogP contribution in [-0.2, 0) is 17.9 Å². The summed E-state index contributed by atoms with van der Waals surface area (Å²) in [4.78, 5) is 27.9. The lowest BCUT2D eigenvalue weighted by atomic mass is 10.0. The highest BCUT2D eigenvalue weighted by molar-refractivity contribution is 7.09. The fraction of sp³-hybridized carbons (Fsp3) is 0.400. The molecular weight excluding hydrogens is 346 g/mol. The number of thiophene rings is 1. The largest absolute Gasteiger partial charge is 0.351 e. The molecule has 0 radical (unpaired) electrons. The molecule has 4 rings (SSSR count). The lowest BCUT2D eigenvalue weighted by Crippen LogP contribution is -2.38. The van der Waals surface area contributed by atoms with Crippen LogP contribution in [-0.4, -0.2) is 29.9 Å². The van der Waals surface area contributed by atoms with E-state index < -0.39 is 0 Å². The van der Waals surface area contributed by atoms with Crippen LogP contribution in [0.4, 0.5) is 4.79 Å². The van der Waals surface area contributed by atoms with Gasteiger partial charge in [0.05, 0.1) is 6.54 Å². The summed E-state index contributed by atoms with van der Waals surface area (Å²) in [5.41, 5.74) is 1.09. The molecule has 1 saturated carbocycles. The third kappa shape index (κ3) is 3.60. The van der Waals surface area contributed by atoms with Crippen LogP contribution in [0.2, 0.25) is 0 Å². The van der Waals surface area contributed by atoms with E-state index in [0.29, 0.717) is 19.6 Å². The lowest BCUT2D eigenvalue weighted by molar-refractivity contribution is -0.123. The number of nitrogens with one attached hydrogen (secondary N) is 2. The number of nitrogens with zero attached hydrogens (tertiary/aromatic N) is 1. The molecule has 136 valence electrons. The zero-order valence-corrected chi connectivity index (χ0v) is 15.4. The fourth-order valence-electron chi connectivity index (χ4n) is 3.83. The normalized spacial score (nSPS) is 23.8. The van der Waals surface area contributed by atoms with E-state index in [1.807, 2.05) is 52.7 Å². The minimum absolute atomic E-state index is 0.00359. The van der Waals surface area contributed by atoms with Crippen molar-refractivity contribution in [3.8, 4) is 0 Å². The summed E-state index contributed by atoms with van der Waals surface area (Å²) < 4.78 is 0. The van der Waals surface area contributed by atoms with Crippen LogP contribution >= 0.6 is 11.3 Å². The van der Waals surface area contributed by atoms with Crippen LogP contribution in [0.15, 0.2) is 47.8 Å². The predicted molar refractivity (Wildman–Crippen MR) is 102 cm³/mol. The van der Waals surface area contributed by atoms with Gasteiger partial charge in [0.15, 0.2) is 0 Å². The van der Waals surface area contributed by atoms with Gasteiger partial charge in [-0.15, -0.1) is 11.3 Å². The van der Waals surface area contributed by atoms with E-state index in [2.05, 4.69) is 10.6 Å². The standard InChI is InChI=1S/C20H23N3O2S/c24-18(21-13-16-7-4-10-26-16)17-11-20(17)8-9-23(14-20)19(25)22-12-15-5-2-1-3-6-15/h1-7,10,17H,8-9,11-14H2,(H,21,24)(H,22,25)/t17-,20-/m0/s1. The summed E-state index contributed by atoms with van der Waals surface area (Å²) >= 11 is 1.65. The molecule has 1 spiro atoms. The van der Waals surface area contributed by atoms with Gasteiger partial charge in [0.25, 0.3) is 0 Å². The van der Waals surface area contributed by atoms with Crippen molar-refractivity contribution in [1.82, 2.24) is 15.5 Å². The second-order valence-corrected chi connectivity index (χ2v) is 8.26. The van der Waals surface area contributed by atoms with Crippen LogP contribution in [0.5, 0.6) is 0 Å². The quantitative estimate of drug-likeness (QED) is 0.851. The van der Waals surface area contributed by atoms with Gasteiger partial charge >= 0.3 is 6.03 Å². The van der Waals surface area contributed by atoms with Crippen molar-refractivity contribution in [3.63, 3.8) is 0 Å². The van der Waals surface area contributed by atoms with E-state index in [9.17, 15) is 9.59 Å². The molecule has 26 heavy (non-hydrogen) atoms. The highest BCUT2D eigenvalue weighted by Gasteiger charge is 2.61. The Hall–Kier alpha value is -2.34. The number of hydrogen-bond donors (Lipinski definition) is 2. The molecule has 1 aliphatic heterocycles. The molecule has 2 N–H and O–H groups in total. The molecule has 6 heteroatoms. The van der Waals surface area contributed by atoms with Gasteiger partial charge in [-0.2, -0.15) is 0 Å². The SMILES string of the molecule is O=C(NCc1cccs1)[C@@H]1C[C@]12CCN(C(=O)NCc1ccccc1)C2. The molecule has 5 nitrogen and oxygen atoms in total. The number of rotatable bonds is 5. The number of likely N-dealkylation sites (tertiary alicyclic amines) is 1. The molecule has 3 amide bonds. The Labute approximate surface area is 157 Å². The van der Waals surface area contributed by atoms with E-state index in [1.54, 1.807) is 11.3 Å². The predicted octanol–water partition coefficient (Wildman–Crippen LogP) is 2.99. The number of amides is 3. The van der Waals surface area contributed by atoms with Gasteiger partial charge in [0.1, 0.15) is 0 Å². The molecule has 1 saturated heterocycles. The third-order valence-electron chi connectivity index (χ3n) is 5.48. The maximum atomic E-state index is 12.4. The topological polar surface area (TPSA) is 61.4 Å². The minimum atomic E-state index is -0.0321. The van der Waals surface area contributed by atoms with Crippen molar-refractivity contribution in [2.45, 2.75) is 25.9 Å². The lowest BCUT2D eigenvalue weighted by Gasteiger charge is -2.17. The molecule has 1 aliphatic carbocycles. The Morgan fingerprint density at radius 2 is 1.96 bits per heavy atom. The van der Waals surface area contributed by atoms with Gasteiger partial charge in [-0.25, -0.2) is 4.79 Å². The molecular formula is C20H23N3O2S. The third-order valence-corrected chi connectivity index (χ3v) is 6.36. The van der Waals surface area contributed by atoms with Crippen molar-refractivity contribution < 1.29 is 9.59 Å². The molecule has 2 aromatic rings. The Balaban J connectivity index is 1.24. The van der Waals surface area contributed by atoms with Crippen molar-refractivity contribution in [3.05, 3.63) is 58.3 Å². The number of carbonyl (C=O) groups is 2. The summed E-state index contributed by atoms with van der Waals surface area (Å²) in [7, 11) is 0. The van der Waals surface area contributed by atoms with E-state index in [4.69, 9.17) is 0 Å². The van der Waals surface area contributed by atoms with Crippen molar-refractivity contribution in [2.75, 3.05) is 13.1 Å². The molecule has 0 unspecified atom stereocenters. The first-order valence-corrected chi connectivity index (χ1v) is 9.91. The average Bonchev–Trinajstić information content (AvgIpc) is 3.02. The zero-order chi connectivity index (χ0) is 18.0. The zero-order valence-electron chi connectivity index (χ0n) is 14.6. The molecule has 2 aliphatic rings. The van der Waals surface area contributed by atoms with Crippen LogP contribution < -0.4 is 10.6 Å². The molecule has 1 aromatic heterocycles. The number of urea groups is 1. The van der Waals surface area contributed by atoms with E-state index in [0.717, 1.165) is 24.9 Å². The first kappa shape index (κ1) is 17.1. The van der Waals surface area contributed by atoms with Crippen molar-refractivity contribution in [1.29, 1.82) is 0 Å². The van der Waals surface area contributed by atoms with Crippen LogP contribution in [0.1, 0.15) is 23.3 Å². The van der Waals surface area contributed by atoms with Gasteiger partial charge in [-0.05, 0) is 29.9 Å². The van der Waals surface area contributed by atoms with E-state index in [-0.39, 0.29) is 23.3 Å². The number of carbonyl (C=O) groups excluding carboxylic acids is 2. The van der Waals surface area contributed by atoms with E-state index in [1.165, 1.54) is 4.88 Å². The first-order chi connectivity index (χ1) is 12.7. The van der Waals surface area contributed by atoms with Gasteiger partial charge < -0.3 is 15.5 Å². The first-order valence-electron chi connectivity index (χ1n) is 9.03. The summed E-state index contributed by atoms with van der Waals surface area (Å²) in [5.74, 6) is 0.180. The molecule has 2 heterocycles. The van der Waals surface area contributed by atoms with Crippen LogP contribution in [0.25, 0.3) is 0 Å². The number of hydrogen-bond acceptors (Lipinski definition) is 3. The molecule has 2 fully saturated rings. The Morgan fingerprint density at radius 3 is 2.73 bits per heavy atom. The van der Waals surface area contributed by atoms with Crippen molar-refractivity contribution >= 4 is 23.3 Å². The fourth-order valence-corrected chi connectivity index (χ4v) is 4.48. The smallest absolute Gasteiger partial charge is 0.317 e. The Bertz CT molecular complexity index is 778. The van der Waals surface area contributed by atoms with E-state index >= 15 is 0 Å². The van der Waals surface area contributed by atoms with Crippen LogP contribution in [0, 0.1) is 11.3 Å². The second-order valence-electron chi connectivity index (χ2n) is 7.23. The molecule has 1 aromatic carbocycles. The summed E-state index contributed by atoms with van der Waals surface area (Å²) in [6.45, 7) is 2.55.